The van der Waals surface area contributed by atoms with Crippen LogP contribution in [0.25, 0.3) is 0 Å². The highest BCUT2D eigenvalue weighted by molar-refractivity contribution is 6.04. The maximum atomic E-state index is 12.1. The first-order chi connectivity index (χ1) is 10.7. The summed E-state index contributed by atoms with van der Waals surface area (Å²) in [5, 5.41) is 6.33. The Morgan fingerprint density at radius 3 is 2.59 bits per heavy atom. The molecule has 0 saturated carbocycles. The molecule has 3 heteroatoms. The van der Waals surface area contributed by atoms with Gasteiger partial charge in [0.15, 0.2) is 0 Å². The molecular formula is C19H20N2O. The molecule has 1 amide bonds. The number of carbonyl (C=O) groups is 1. The molecule has 112 valence electrons. The third-order valence-corrected chi connectivity index (χ3v) is 3.83. The van der Waals surface area contributed by atoms with Crippen molar-refractivity contribution in [3.63, 3.8) is 0 Å². The van der Waals surface area contributed by atoms with Crippen LogP contribution in [0.3, 0.4) is 0 Å². The summed E-state index contributed by atoms with van der Waals surface area (Å²) in [6.45, 7) is 4.14. The van der Waals surface area contributed by atoms with Crippen LogP contribution in [0, 0.1) is 6.92 Å². The molecule has 22 heavy (non-hydrogen) atoms. The second-order valence-corrected chi connectivity index (χ2v) is 5.60. The largest absolute Gasteiger partial charge is 0.356 e. The second kappa shape index (κ2) is 6.06. The summed E-state index contributed by atoms with van der Waals surface area (Å²) in [6, 6.07) is 14.3. The number of hydrogen-bond donors (Lipinski definition) is 2. The quantitative estimate of drug-likeness (QED) is 0.799. The zero-order chi connectivity index (χ0) is 15.5. The highest BCUT2D eigenvalue weighted by Gasteiger charge is 2.28. The third-order valence-electron chi connectivity index (χ3n) is 3.83. The van der Waals surface area contributed by atoms with Crippen molar-refractivity contribution in [3.8, 4) is 0 Å². The zero-order valence-corrected chi connectivity index (χ0v) is 12.9. The molecule has 0 saturated heterocycles. The van der Waals surface area contributed by atoms with E-state index in [0.29, 0.717) is 0 Å². The van der Waals surface area contributed by atoms with Crippen LogP contribution in [-0.4, -0.2) is 5.91 Å². The van der Waals surface area contributed by atoms with E-state index in [1.807, 2.05) is 24.3 Å². The van der Waals surface area contributed by atoms with Gasteiger partial charge in [-0.3, -0.25) is 4.79 Å². The van der Waals surface area contributed by atoms with E-state index >= 15 is 0 Å². The number of aryl methyl sites for hydroxylation is 1. The molecule has 2 N–H and O–H groups in total. The standard InChI is InChI=1S/C19H20N2O/c1-3-4-5-16-17-12-15(10-11-18(17)21-19(16)22)20-14-8-6-13(2)7-9-14/h4-12,16,20H,3H2,1-2H3,(H,21,22)/b5-4+. The van der Waals surface area contributed by atoms with Gasteiger partial charge in [0.05, 0.1) is 5.92 Å². The van der Waals surface area contributed by atoms with Crippen molar-refractivity contribution in [3.05, 3.63) is 65.7 Å². The van der Waals surface area contributed by atoms with E-state index in [4.69, 9.17) is 0 Å². The smallest absolute Gasteiger partial charge is 0.235 e. The van der Waals surface area contributed by atoms with Crippen molar-refractivity contribution in [1.82, 2.24) is 0 Å². The Bertz CT molecular complexity index is 717. The van der Waals surface area contributed by atoms with Crippen molar-refractivity contribution in [2.45, 2.75) is 26.2 Å². The van der Waals surface area contributed by atoms with Gasteiger partial charge >= 0.3 is 0 Å². The van der Waals surface area contributed by atoms with Gasteiger partial charge < -0.3 is 10.6 Å². The first kappa shape index (κ1) is 14.4. The molecule has 3 nitrogen and oxygen atoms in total. The van der Waals surface area contributed by atoms with Crippen molar-refractivity contribution >= 4 is 23.0 Å². The van der Waals surface area contributed by atoms with E-state index in [1.54, 1.807) is 0 Å². The van der Waals surface area contributed by atoms with Crippen LogP contribution in [0.5, 0.6) is 0 Å². The van der Waals surface area contributed by atoms with Gasteiger partial charge in [-0.2, -0.15) is 0 Å². The molecule has 1 aliphatic rings. The van der Waals surface area contributed by atoms with Crippen molar-refractivity contribution < 1.29 is 4.79 Å². The fourth-order valence-corrected chi connectivity index (χ4v) is 2.63. The van der Waals surface area contributed by atoms with Gasteiger partial charge in [-0.25, -0.2) is 0 Å². The first-order valence-corrected chi connectivity index (χ1v) is 7.62. The van der Waals surface area contributed by atoms with Crippen molar-refractivity contribution in [2.24, 2.45) is 0 Å². The van der Waals surface area contributed by atoms with Crippen LogP contribution in [-0.2, 0) is 4.79 Å². The minimum absolute atomic E-state index is 0.0483. The van der Waals surface area contributed by atoms with Gasteiger partial charge in [-0.05, 0) is 49.2 Å². The molecular weight excluding hydrogens is 272 g/mol. The van der Waals surface area contributed by atoms with Gasteiger partial charge in [0.25, 0.3) is 0 Å². The normalized spacial score (nSPS) is 16.6. The van der Waals surface area contributed by atoms with Crippen LogP contribution in [0.2, 0.25) is 0 Å². The van der Waals surface area contributed by atoms with E-state index in [0.717, 1.165) is 29.0 Å². The van der Waals surface area contributed by atoms with E-state index in [2.05, 4.69) is 54.8 Å². The van der Waals surface area contributed by atoms with E-state index in [-0.39, 0.29) is 11.8 Å². The minimum atomic E-state index is -0.185. The Labute approximate surface area is 131 Å². The maximum Gasteiger partial charge on any atom is 0.235 e. The summed E-state index contributed by atoms with van der Waals surface area (Å²) in [5.74, 6) is -0.137. The molecule has 1 atom stereocenters. The number of hydrogen-bond acceptors (Lipinski definition) is 2. The number of allylic oxidation sites excluding steroid dienone is 1. The molecule has 0 fully saturated rings. The Morgan fingerprint density at radius 2 is 1.86 bits per heavy atom. The van der Waals surface area contributed by atoms with Gasteiger partial charge in [0.2, 0.25) is 5.91 Å². The topological polar surface area (TPSA) is 41.1 Å². The summed E-state index contributed by atoms with van der Waals surface area (Å²) in [4.78, 5) is 12.1. The lowest BCUT2D eigenvalue weighted by atomic mass is 9.99. The average Bonchev–Trinajstić information content (AvgIpc) is 2.82. The van der Waals surface area contributed by atoms with E-state index in [9.17, 15) is 4.79 Å². The van der Waals surface area contributed by atoms with Crippen LogP contribution >= 0.6 is 0 Å². The fraction of sp³-hybridized carbons (Fsp3) is 0.211. The summed E-state index contributed by atoms with van der Waals surface area (Å²) >= 11 is 0. The first-order valence-electron chi connectivity index (χ1n) is 7.62. The van der Waals surface area contributed by atoms with E-state index in [1.165, 1.54) is 5.56 Å². The molecule has 2 aromatic rings. The highest BCUT2D eigenvalue weighted by atomic mass is 16.2. The maximum absolute atomic E-state index is 12.1. The second-order valence-electron chi connectivity index (χ2n) is 5.60. The molecule has 0 aliphatic carbocycles. The van der Waals surface area contributed by atoms with Crippen LogP contribution in [0.4, 0.5) is 17.1 Å². The summed E-state index contributed by atoms with van der Waals surface area (Å²) < 4.78 is 0. The lowest BCUT2D eigenvalue weighted by Gasteiger charge is -2.10. The SMILES string of the molecule is CC/C=C/C1C(=O)Nc2ccc(Nc3ccc(C)cc3)cc21. The average molecular weight is 292 g/mol. The Kier molecular flexibility index (Phi) is 3.96. The Morgan fingerprint density at radius 1 is 1.14 bits per heavy atom. The predicted octanol–water partition coefficient (Wildman–Crippen LogP) is 4.74. The number of anilines is 3. The Balaban J connectivity index is 1.87. The molecule has 0 aromatic heterocycles. The van der Waals surface area contributed by atoms with Crippen LogP contribution in [0.15, 0.2) is 54.6 Å². The van der Waals surface area contributed by atoms with Gasteiger partial charge in [-0.1, -0.05) is 36.8 Å². The molecule has 0 spiro atoms. The number of amides is 1. The van der Waals surface area contributed by atoms with Crippen molar-refractivity contribution in [2.75, 3.05) is 10.6 Å². The Hall–Kier alpha value is -2.55. The van der Waals surface area contributed by atoms with Gasteiger partial charge in [0.1, 0.15) is 0 Å². The minimum Gasteiger partial charge on any atom is -0.356 e. The fourth-order valence-electron chi connectivity index (χ4n) is 2.63. The summed E-state index contributed by atoms with van der Waals surface area (Å²) in [7, 11) is 0. The molecule has 1 unspecified atom stereocenters. The number of nitrogens with one attached hydrogen (secondary N) is 2. The third kappa shape index (κ3) is 2.89. The van der Waals surface area contributed by atoms with Crippen LogP contribution < -0.4 is 10.6 Å². The lowest BCUT2D eigenvalue weighted by Crippen LogP contribution is -2.09. The number of fused-ring (bicyclic) bond motifs is 1. The summed E-state index contributed by atoms with van der Waals surface area (Å²) in [5.41, 5.74) is 5.22. The molecule has 2 aromatic carbocycles. The highest BCUT2D eigenvalue weighted by Crippen LogP contribution is 2.36. The molecule has 3 rings (SSSR count). The molecule has 0 radical (unpaired) electrons. The predicted molar refractivity (Wildman–Crippen MR) is 91.7 cm³/mol. The number of carbonyl (C=O) groups excluding carboxylic acids is 1. The molecule has 1 aliphatic heterocycles. The molecule has 1 heterocycles. The number of rotatable bonds is 4. The van der Waals surface area contributed by atoms with Crippen LogP contribution in [0.1, 0.15) is 30.4 Å². The lowest BCUT2D eigenvalue weighted by molar-refractivity contribution is -0.116. The number of benzene rings is 2. The van der Waals surface area contributed by atoms with Gasteiger partial charge in [-0.15, -0.1) is 0 Å². The zero-order valence-electron chi connectivity index (χ0n) is 12.9. The van der Waals surface area contributed by atoms with E-state index < -0.39 is 0 Å². The van der Waals surface area contributed by atoms with Crippen molar-refractivity contribution in [1.29, 1.82) is 0 Å². The monoisotopic (exact) mass is 292 g/mol. The summed E-state index contributed by atoms with van der Waals surface area (Å²) in [6.07, 6.45) is 4.96. The molecule has 0 bridgehead atoms. The van der Waals surface area contributed by atoms with Gasteiger partial charge in [0, 0.05) is 17.1 Å².